The summed E-state index contributed by atoms with van der Waals surface area (Å²) >= 11 is 0. The van der Waals surface area contributed by atoms with Crippen molar-refractivity contribution in [3.8, 4) is 0 Å². The smallest absolute Gasteiger partial charge is 0.151 e. The lowest BCUT2D eigenvalue weighted by Gasteiger charge is -2.32. The van der Waals surface area contributed by atoms with Crippen LogP contribution >= 0.6 is 0 Å². The van der Waals surface area contributed by atoms with E-state index in [-0.39, 0.29) is 5.41 Å². The van der Waals surface area contributed by atoms with Crippen molar-refractivity contribution in [3.05, 3.63) is 17.8 Å². The van der Waals surface area contributed by atoms with Gasteiger partial charge in [0.25, 0.3) is 0 Å². The van der Waals surface area contributed by atoms with Crippen LogP contribution in [0, 0.1) is 12.3 Å². The second-order valence-corrected chi connectivity index (χ2v) is 5.38. The Morgan fingerprint density at radius 1 is 1.41 bits per heavy atom. The van der Waals surface area contributed by atoms with E-state index in [0.717, 1.165) is 30.9 Å². The van der Waals surface area contributed by atoms with Gasteiger partial charge in [-0.1, -0.05) is 20.8 Å². The number of hydrogen-bond donors (Lipinski definition) is 1. The topological polar surface area (TPSA) is 55.0 Å². The quantitative estimate of drug-likeness (QED) is 0.820. The van der Waals surface area contributed by atoms with Crippen LogP contribution in [-0.4, -0.2) is 29.8 Å². The molecule has 0 saturated heterocycles. The number of aromatic nitrogens is 2. The van der Waals surface area contributed by atoms with E-state index in [1.807, 2.05) is 6.92 Å². The van der Waals surface area contributed by atoms with Gasteiger partial charge in [-0.3, -0.25) is 0 Å². The Morgan fingerprint density at radius 2 is 2.12 bits per heavy atom. The second kappa shape index (κ2) is 5.96. The highest BCUT2D eigenvalue weighted by molar-refractivity contribution is 5.39. The Balaban J connectivity index is 2.85. The van der Waals surface area contributed by atoms with Crippen LogP contribution in [0.4, 0.5) is 5.82 Å². The lowest BCUT2D eigenvalue weighted by molar-refractivity contribution is 0.376. The van der Waals surface area contributed by atoms with Gasteiger partial charge in [0.1, 0.15) is 0 Å². The molecular formula is C13H24N4. The van der Waals surface area contributed by atoms with E-state index in [0.29, 0.717) is 6.54 Å². The monoisotopic (exact) mass is 236 g/mol. The van der Waals surface area contributed by atoms with E-state index < -0.39 is 0 Å². The summed E-state index contributed by atoms with van der Waals surface area (Å²) in [6.45, 7) is 11.1. The van der Waals surface area contributed by atoms with Crippen molar-refractivity contribution < 1.29 is 0 Å². The fourth-order valence-corrected chi connectivity index (χ4v) is 1.73. The van der Waals surface area contributed by atoms with E-state index >= 15 is 0 Å². The molecule has 0 bridgehead atoms. The van der Waals surface area contributed by atoms with Crippen LogP contribution in [0.5, 0.6) is 0 Å². The summed E-state index contributed by atoms with van der Waals surface area (Å²) in [5, 5.41) is 8.23. The number of nitrogens with two attached hydrogens (primary N) is 1. The largest absolute Gasteiger partial charge is 0.355 e. The third-order valence-electron chi connectivity index (χ3n) is 2.77. The summed E-state index contributed by atoms with van der Waals surface area (Å²) in [5.74, 6) is 0.952. The third kappa shape index (κ3) is 4.30. The van der Waals surface area contributed by atoms with Gasteiger partial charge in [-0.15, -0.1) is 5.10 Å². The molecule has 4 heteroatoms. The molecule has 0 amide bonds. The Kier molecular flexibility index (Phi) is 4.87. The summed E-state index contributed by atoms with van der Waals surface area (Å²) in [5.41, 5.74) is 7.03. The van der Waals surface area contributed by atoms with Crippen molar-refractivity contribution in [2.75, 3.05) is 24.5 Å². The van der Waals surface area contributed by atoms with E-state index in [9.17, 15) is 0 Å². The van der Waals surface area contributed by atoms with Gasteiger partial charge in [-0.05, 0) is 36.9 Å². The predicted molar refractivity (Wildman–Crippen MR) is 72.1 cm³/mol. The molecule has 0 unspecified atom stereocenters. The molecule has 1 aromatic heterocycles. The van der Waals surface area contributed by atoms with E-state index in [4.69, 9.17) is 5.73 Å². The highest BCUT2D eigenvalue weighted by atomic mass is 15.3. The number of rotatable bonds is 6. The van der Waals surface area contributed by atoms with Gasteiger partial charge in [0.2, 0.25) is 0 Å². The Morgan fingerprint density at radius 3 is 2.65 bits per heavy atom. The molecule has 4 nitrogen and oxygen atoms in total. The van der Waals surface area contributed by atoms with Crippen LogP contribution in [0.1, 0.15) is 32.8 Å². The molecule has 0 spiro atoms. The summed E-state index contributed by atoms with van der Waals surface area (Å²) < 4.78 is 0. The lowest BCUT2D eigenvalue weighted by atomic mass is 9.93. The maximum absolute atomic E-state index is 5.80. The van der Waals surface area contributed by atoms with Crippen molar-refractivity contribution in [1.29, 1.82) is 0 Å². The molecule has 0 saturated carbocycles. The molecule has 0 atom stereocenters. The lowest BCUT2D eigenvalue weighted by Crippen LogP contribution is -2.39. The van der Waals surface area contributed by atoms with Crippen LogP contribution in [0.3, 0.4) is 0 Å². The van der Waals surface area contributed by atoms with Gasteiger partial charge in [-0.25, -0.2) is 0 Å². The van der Waals surface area contributed by atoms with Crippen LogP contribution in [-0.2, 0) is 0 Å². The van der Waals surface area contributed by atoms with E-state index in [1.54, 1.807) is 6.20 Å². The van der Waals surface area contributed by atoms with E-state index in [1.165, 1.54) is 0 Å². The second-order valence-electron chi connectivity index (χ2n) is 5.38. The molecule has 1 rings (SSSR count). The molecular weight excluding hydrogens is 212 g/mol. The predicted octanol–water partition coefficient (Wildman–Crippen LogP) is 1.99. The highest BCUT2D eigenvalue weighted by Crippen LogP contribution is 2.20. The zero-order chi connectivity index (χ0) is 12.9. The maximum atomic E-state index is 5.80. The molecule has 0 aliphatic rings. The summed E-state index contributed by atoms with van der Waals surface area (Å²) in [4.78, 5) is 2.27. The fraction of sp³-hybridized carbons (Fsp3) is 0.692. The van der Waals surface area contributed by atoms with Crippen molar-refractivity contribution >= 4 is 5.82 Å². The van der Waals surface area contributed by atoms with Crippen molar-refractivity contribution in [2.24, 2.45) is 11.1 Å². The molecule has 0 fully saturated rings. The molecule has 2 N–H and O–H groups in total. The van der Waals surface area contributed by atoms with E-state index in [2.05, 4.69) is 41.9 Å². The molecule has 1 heterocycles. The highest BCUT2D eigenvalue weighted by Gasteiger charge is 2.21. The maximum Gasteiger partial charge on any atom is 0.151 e. The summed E-state index contributed by atoms with van der Waals surface area (Å²) in [6, 6.07) is 2.08. The molecule has 0 radical (unpaired) electrons. The van der Waals surface area contributed by atoms with Gasteiger partial charge >= 0.3 is 0 Å². The van der Waals surface area contributed by atoms with Gasteiger partial charge in [-0.2, -0.15) is 5.10 Å². The van der Waals surface area contributed by atoms with Crippen LogP contribution < -0.4 is 10.6 Å². The molecule has 1 aromatic rings. The number of hydrogen-bond acceptors (Lipinski definition) is 4. The Labute approximate surface area is 104 Å². The first kappa shape index (κ1) is 13.9. The summed E-state index contributed by atoms with van der Waals surface area (Å²) in [7, 11) is 0. The SMILES string of the molecule is CCCN(CC(C)(C)CN)c1cc(C)cnn1. The van der Waals surface area contributed by atoms with Gasteiger partial charge < -0.3 is 10.6 Å². The van der Waals surface area contributed by atoms with Crippen LogP contribution in [0.2, 0.25) is 0 Å². The van der Waals surface area contributed by atoms with Gasteiger partial charge in [0.05, 0.1) is 6.20 Å². The number of nitrogens with zero attached hydrogens (tertiary/aromatic N) is 3. The normalized spacial score (nSPS) is 11.6. The molecule has 0 aliphatic carbocycles. The van der Waals surface area contributed by atoms with Crippen LogP contribution in [0.15, 0.2) is 12.3 Å². The number of anilines is 1. The Hall–Kier alpha value is -1.16. The molecule has 17 heavy (non-hydrogen) atoms. The van der Waals surface area contributed by atoms with Gasteiger partial charge in [0, 0.05) is 13.1 Å². The first-order valence-corrected chi connectivity index (χ1v) is 6.23. The average Bonchev–Trinajstić information content (AvgIpc) is 2.28. The average molecular weight is 236 g/mol. The molecule has 0 aliphatic heterocycles. The zero-order valence-electron chi connectivity index (χ0n) is 11.4. The standard InChI is InChI=1S/C13H24N4/c1-5-6-17(10-13(3,4)9-14)12-7-11(2)8-15-16-12/h7-8H,5-6,9-10,14H2,1-4H3. The summed E-state index contributed by atoms with van der Waals surface area (Å²) in [6.07, 6.45) is 2.87. The van der Waals surface area contributed by atoms with Crippen molar-refractivity contribution in [2.45, 2.75) is 34.1 Å². The first-order chi connectivity index (χ1) is 7.98. The molecule has 96 valence electrons. The minimum absolute atomic E-state index is 0.0978. The van der Waals surface area contributed by atoms with Crippen molar-refractivity contribution in [3.63, 3.8) is 0 Å². The molecule has 0 aromatic carbocycles. The minimum Gasteiger partial charge on any atom is -0.355 e. The number of aryl methyl sites for hydroxylation is 1. The zero-order valence-corrected chi connectivity index (χ0v) is 11.4. The van der Waals surface area contributed by atoms with Crippen LogP contribution in [0.25, 0.3) is 0 Å². The first-order valence-electron chi connectivity index (χ1n) is 6.23. The van der Waals surface area contributed by atoms with Crippen molar-refractivity contribution in [1.82, 2.24) is 10.2 Å². The Bertz CT molecular complexity index is 349. The van der Waals surface area contributed by atoms with Gasteiger partial charge in [0.15, 0.2) is 5.82 Å². The minimum atomic E-state index is 0.0978. The third-order valence-corrected chi connectivity index (χ3v) is 2.77. The fourth-order valence-electron chi connectivity index (χ4n) is 1.73.